The molecule has 2 rings (SSSR count). The van der Waals surface area contributed by atoms with Crippen LogP contribution in [0.5, 0.6) is 0 Å². The number of thioether (sulfide) groups is 1. The van der Waals surface area contributed by atoms with E-state index in [1.165, 1.54) is 0 Å². The molecule has 1 aromatic rings. The van der Waals surface area contributed by atoms with Crippen LogP contribution in [0.15, 0.2) is 23.1 Å². The van der Waals surface area contributed by atoms with E-state index < -0.39 is 0 Å². The molecular weight excluding hydrogens is 230 g/mol. The zero-order valence-electron chi connectivity index (χ0n) is 8.41. The molecule has 2 nitrogen and oxygen atoms in total. The van der Waals surface area contributed by atoms with Crippen molar-refractivity contribution < 1.29 is 4.74 Å². The minimum Gasteiger partial charge on any atom is -0.398 e. The molecule has 1 saturated heterocycles. The molecule has 1 atom stereocenters. The Morgan fingerprint density at radius 1 is 1.53 bits per heavy atom. The molecule has 4 heteroatoms. The molecular formula is C11H14ClNOS. The summed E-state index contributed by atoms with van der Waals surface area (Å²) in [5.74, 6) is 1.68. The van der Waals surface area contributed by atoms with Crippen LogP contribution in [-0.2, 0) is 4.74 Å². The van der Waals surface area contributed by atoms with Gasteiger partial charge < -0.3 is 10.5 Å². The van der Waals surface area contributed by atoms with E-state index >= 15 is 0 Å². The third kappa shape index (κ3) is 2.80. The molecule has 0 amide bonds. The van der Waals surface area contributed by atoms with Crippen molar-refractivity contribution in [2.24, 2.45) is 5.92 Å². The van der Waals surface area contributed by atoms with Gasteiger partial charge in [0.25, 0.3) is 0 Å². The number of ether oxygens (including phenoxy) is 1. The van der Waals surface area contributed by atoms with E-state index in [9.17, 15) is 0 Å². The van der Waals surface area contributed by atoms with Gasteiger partial charge in [-0.25, -0.2) is 0 Å². The standard InChI is InChI=1S/C11H14ClNOS/c12-9-2-1-3-10(13)11(9)15-7-8-4-5-14-6-8/h1-3,8H,4-7,13H2. The Kier molecular flexibility index (Phi) is 3.78. The molecule has 1 aliphatic heterocycles. The fourth-order valence-corrected chi connectivity index (χ4v) is 3.05. The molecule has 0 aliphatic carbocycles. The maximum absolute atomic E-state index is 6.08. The lowest BCUT2D eigenvalue weighted by Gasteiger charge is -2.10. The summed E-state index contributed by atoms with van der Waals surface area (Å²) in [6.45, 7) is 1.76. The van der Waals surface area contributed by atoms with Gasteiger partial charge in [0.1, 0.15) is 0 Å². The van der Waals surface area contributed by atoms with Gasteiger partial charge in [-0.1, -0.05) is 17.7 Å². The average Bonchev–Trinajstić information content (AvgIpc) is 2.70. The summed E-state index contributed by atoms with van der Waals surface area (Å²) in [5.41, 5.74) is 6.64. The lowest BCUT2D eigenvalue weighted by molar-refractivity contribution is 0.189. The van der Waals surface area contributed by atoms with Crippen molar-refractivity contribution in [1.29, 1.82) is 0 Å². The van der Waals surface area contributed by atoms with Crippen LogP contribution in [0.1, 0.15) is 6.42 Å². The van der Waals surface area contributed by atoms with Crippen molar-refractivity contribution in [1.82, 2.24) is 0 Å². The van der Waals surface area contributed by atoms with E-state index in [0.717, 1.165) is 41.0 Å². The second kappa shape index (κ2) is 5.10. The molecule has 1 heterocycles. The minimum absolute atomic E-state index is 0.644. The normalized spacial score (nSPS) is 20.7. The van der Waals surface area contributed by atoms with E-state index in [1.54, 1.807) is 11.8 Å². The molecule has 2 N–H and O–H groups in total. The number of halogens is 1. The Hall–Kier alpha value is -0.380. The summed E-state index contributed by atoms with van der Waals surface area (Å²) in [6, 6.07) is 5.64. The third-order valence-electron chi connectivity index (χ3n) is 2.48. The number of anilines is 1. The van der Waals surface area contributed by atoms with Gasteiger partial charge in [-0.15, -0.1) is 11.8 Å². The van der Waals surface area contributed by atoms with E-state index in [2.05, 4.69) is 0 Å². The van der Waals surface area contributed by atoms with Gasteiger partial charge in [0.15, 0.2) is 0 Å². The Morgan fingerprint density at radius 3 is 3.07 bits per heavy atom. The predicted octanol–water partition coefficient (Wildman–Crippen LogP) is 3.05. The Bertz CT molecular complexity index is 319. The molecule has 0 spiro atoms. The first-order valence-electron chi connectivity index (χ1n) is 5.02. The smallest absolute Gasteiger partial charge is 0.0562 e. The van der Waals surface area contributed by atoms with Gasteiger partial charge in [0, 0.05) is 22.9 Å². The lowest BCUT2D eigenvalue weighted by Crippen LogP contribution is -2.02. The summed E-state index contributed by atoms with van der Waals surface area (Å²) >= 11 is 7.82. The summed E-state index contributed by atoms with van der Waals surface area (Å²) in [5, 5.41) is 0.749. The number of benzene rings is 1. The van der Waals surface area contributed by atoms with E-state index in [1.807, 2.05) is 18.2 Å². The van der Waals surface area contributed by atoms with Crippen molar-refractivity contribution in [2.45, 2.75) is 11.3 Å². The Balaban J connectivity index is 1.97. The molecule has 15 heavy (non-hydrogen) atoms. The first-order valence-corrected chi connectivity index (χ1v) is 6.38. The maximum Gasteiger partial charge on any atom is 0.0562 e. The second-order valence-corrected chi connectivity index (χ2v) is 5.14. The zero-order chi connectivity index (χ0) is 10.7. The van der Waals surface area contributed by atoms with Crippen molar-refractivity contribution >= 4 is 29.1 Å². The van der Waals surface area contributed by atoms with Crippen LogP contribution in [0, 0.1) is 5.92 Å². The van der Waals surface area contributed by atoms with Crippen molar-refractivity contribution in [2.75, 3.05) is 24.7 Å². The molecule has 1 aromatic carbocycles. The van der Waals surface area contributed by atoms with Crippen LogP contribution in [0.25, 0.3) is 0 Å². The quantitative estimate of drug-likeness (QED) is 0.655. The molecule has 0 aromatic heterocycles. The van der Waals surface area contributed by atoms with E-state index in [0.29, 0.717) is 5.92 Å². The van der Waals surface area contributed by atoms with E-state index in [4.69, 9.17) is 22.1 Å². The molecule has 1 aliphatic rings. The van der Waals surface area contributed by atoms with Crippen LogP contribution in [0.4, 0.5) is 5.69 Å². The Labute approximate surface area is 99.1 Å². The van der Waals surface area contributed by atoms with Gasteiger partial charge in [0.05, 0.1) is 11.6 Å². The molecule has 1 unspecified atom stereocenters. The SMILES string of the molecule is Nc1cccc(Cl)c1SCC1CCOC1. The third-order valence-corrected chi connectivity index (χ3v) is 4.29. The second-order valence-electron chi connectivity index (χ2n) is 3.70. The average molecular weight is 244 g/mol. The summed E-state index contributed by atoms with van der Waals surface area (Å²) < 4.78 is 5.33. The van der Waals surface area contributed by atoms with Crippen LogP contribution >= 0.6 is 23.4 Å². The maximum atomic E-state index is 6.08. The summed E-state index contributed by atoms with van der Waals surface area (Å²) in [7, 11) is 0. The highest BCUT2D eigenvalue weighted by molar-refractivity contribution is 7.99. The van der Waals surface area contributed by atoms with Gasteiger partial charge in [-0.2, -0.15) is 0 Å². The number of hydrogen-bond acceptors (Lipinski definition) is 3. The molecule has 82 valence electrons. The van der Waals surface area contributed by atoms with Gasteiger partial charge in [-0.3, -0.25) is 0 Å². The monoisotopic (exact) mass is 243 g/mol. The fraction of sp³-hybridized carbons (Fsp3) is 0.455. The number of nitrogen functional groups attached to an aromatic ring is 1. The Morgan fingerprint density at radius 2 is 2.40 bits per heavy atom. The van der Waals surface area contributed by atoms with Gasteiger partial charge in [-0.05, 0) is 24.5 Å². The van der Waals surface area contributed by atoms with Crippen LogP contribution < -0.4 is 5.73 Å². The highest BCUT2D eigenvalue weighted by atomic mass is 35.5. The van der Waals surface area contributed by atoms with Crippen LogP contribution in [0.2, 0.25) is 5.02 Å². The first kappa shape index (κ1) is 11.1. The van der Waals surface area contributed by atoms with Crippen LogP contribution in [0.3, 0.4) is 0 Å². The summed E-state index contributed by atoms with van der Waals surface area (Å²) in [4.78, 5) is 1.01. The number of nitrogens with two attached hydrogens (primary N) is 1. The highest BCUT2D eigenvalue weighted by Gasteiger charge is 2.16. The first-order chi connectivity index (χ1) is 7.27. The fourth-order valence-electron chi connectivity index (χ4n) is 1.59. The van der Waals surface area contributed by atoms with Crippen LogP contribution in [-0.4, -0.2) is 19.0 Å². The largest absolute Gasteiger partial charge is 0.398 e. The predicted molar refractivity (Wildman–Crippen MR) is 65.5 cm³/mol. The van der Waals surface area contributed by atoms with Gasteiger partial charge in [0.2, 0.25) is 0 Å². The zero-order valence-corrected chi connectivity index (χ0v) is 9.98. The summed E-state index contributed by atoms with van der Waals surface area (Å²) in [6.07, 6.45) is 1.15. The van der Waals surface area contributed by atoms with Crippen molar-refractivity contribution in [3.63, 3.8) is 0 Å². The highest BCUT2D eigenvalue weighted by Crippen LogP contribution is 2.34. The molecule has 0 saturated carbocycles. The number of hydrogen-bond donors (Lipinski definition) is 1. The molecule has 0 bridgehead atoms. The molecule has 0 radical (unpaired) electrons. The van der Waals surface area contributed by atoms with Crippen molar-refractivity contribution in [3.8, 4) is 0 Å². The lowest BCUT2D eigenvalue weighted by atomic mass is 10.2. The van der Waals surface area contributed by atoms with Crippen molar-refractivity contribution in [3.05, 3.63) is 23.2 Å². The topological polar surface area (TPSA) is 35.2 Å². The minimum atomic E-state index is 0.644. The van der Waals surface area contributed by atoms with Gasteiger partial charge >= 0.3 is 0 Å². The molecule has 1 fully saturated rings. The van der Waals surface area contributed by atoms with E-state index in [-0.39, 0.29) is 0 Å². The number of rotatable bonds is 3.